The van der Waals surface area contributed by atoms with Gasteiger partial charge in [0.05, 0.1) is 12.2 Å². The zero-order valence-electron chi connectivity index (χ0n) is 9.74. The van der Waals surface area contributed by atoms with Crippen molar-refractivity contribution in [1.82, 2.24) is 20.2 Å². The molecule has 0 aromatic carbocycles. The van der Waals surface area contributed by atoms with Crippen LogP contribution in [0.3, 0.4) is 0 Å². The Kier molecular flexibility index (Phi) is 3.71. The molecule has 0 aliphatic carbocycles. The Morgan fingerprint density at radius 1 is 1.56 bits per heavy atom. The summed E-state index contributed by atoms with van der Waals surface area (Å²) in [5.41, 5.74) is 0.685. The van der Waals surface area contributed by atoms with Crippen molar-refractivity contribution in [3.8, 4) is 0 Å². The standard InChI is InChI=1S/C11H14N4O3/c16-10(17)9-2-1-5-15(9)11(18)13-6-8-3-4-12-7-14-8/h3-4,7,9H,1-2,5-6H2,(H,13,18)(H,16,17)/t9-/m1/s1. The number of rotatable bonds is 3. The zero-order chi connectivity index (χ0) is 13.0. The van der Waals surface area contributed by atoms with Gasteiger partial charge < -0.3 is 15.3 Å². The molecule has 0 radical (unpaired) electrons. The molecule has 96 valence electrons. The van der Waals surface area contributed by atoms with Crippen LogP contribution in [-0.4, -0.2) is 44.6 Å². The summed E-state index contributed by atoms with van der Waals surface area (Å²) in [6.07, 6.45) is 4.22. The molecule has 1 atom stereocenters. The number of carboxylic acid groups (broad SMARTS) is 1. The van der Waals surface area contributed by atoms with E-state index in [4.69, 9.17) is 5.11 Å². The summed E-state index contributed by atoms with van der Waals surface area (Å²) in [6, 6.07) is 0.618. The van der Waals surface area contributed by atoms with Crippen molar-refractivity contribution in [3.63, 3.8) is 0 Å². The first-order valence-corrected chi connectivity index (χ1v) is 5.70. The lowest BCUT2D eigenvalue weighted by atomic mass is 10.2. The van der Waals surface area contributed by atoms with Gasteiger partial charge in [0.2, 0.25) is 0 Å². The van der Waals surface area contributed by atoms with Crippen LogP contribution in [0.1, 0.15) is 18.5 Å². The van der Waals surface area contributed by atoms with Crippen LogP contribution in [0, 0.1) is 0 Å². The number of amides is 2. The Hall–Kier alpha value is -2.18. The molecule has 7 nitrogen and oxygen atoms in total. The van der Waals surface area contributed by atoms with Gasteiger partial charge in [0.25, 0.3) is 0 Å². The van der Waals surface area contributed by atoms with E-state index in [0.717, 1.165) is 6.42 Å². The van der Waals surface area contributed by atoms with Crippen molar-refractivity contribution in [3.05, 3.63) is 24.3 Å². The van der Waals surface area contributed by atoms with Crippen LogP contribution in [0.5, 0.6) is 0 Å². The predicted octanol–water partition coefficient (Wildman–Crippen LogP) is 0.235. The minimum atomic E-state index is -0.954. The van der Waals surface area contributed by atoms with E-state index in [2.05, 4.69) is 15.3 Å². The summed E-state index contributed by atoms with van der Waals surface area (Å²) in [5.74, 6) is -0.954. The summed E-state index contributed by atoms with van der Waals surface area (Å²) in [4.78, 5) is 31.9. The Morgan fingerprint density at radius 3 is 3.06 bits per heavy atom. The Balaban J connectivity index is 1.90. The average Bonchev–Trinajstić information content (AvgIpc) is 2.86. The second-order valence-electron chi connectivity index (χ2n) is 4.05. The Bertz CT molecular complexity index is 437. The molecule has 1 aromatic heterocycles. The minimum Gasteiger partial charge on any atom is -0.480 e. The smallest absolute Gasteiger partial charge is 0.326 e. The van der Waals surface area contributed by atoms with Gasteiger partial charge in [-0.05, 0) is 18.9 Å². The molecule has 0 spiro atoms. The van der Waals surface area contributed by atoms with E-state index in [-0.39, 0.29) is 12.6 Å². The molecular formula is C11H14N4O3. The van der Waals surface area contributed by atoms with Crippen LogP contribution >= 0.6 is 0 Å². The van der Waals surface area contributed by atoms with Gasteiger partial charge in [-0.1, -0.05) is 0 Å². The highest BCUT2D eigenvalue weighted by atomic mass is 16.4. The van der Waals surface area contributed by atoms with Gasteiger partial charge in [-0.15, -0.1) is 0 Å². The minimum absolute atomic E-state index is 0.268. The number of hydrogen-bond acceptors (Lipinski definition) is 4. The van der Waals surface area contributed by atoms with Crippen molar-refractivity contribution in [2.24, 2.45) is 0 Å². The van der Waals surface area contributed by atoms with Gasteiger partial charge in [0.15, 0.2) is 0 Å². The topological polar surface area (TPSA) is 95.4 Å². The zero-order valence-corrected chi connectivity index (χ0v) is 9.74. The lowest BCUT2D eigenvalue weighted by Crippen LogP contribution is -2.45. The normalized spacial score (nSPS) is 18.7. The quantitative estimate of drug-likeness (QED) is 0.801. The summed E-state index contributed by atoms with van der Waals surface area (Å²) in [5, 5.41) is 11.6. The molecule has 0 bridgehead atoms. The van der Waals surface area contributed by atoms with Crippen LogP contribution < -0.4 is 5.32 Å². The van der Waals surface area contributed by atoms with Crippen molar-refractivity contribution in [1.29, 1.82) is 0 Å². The summed E-state index contributed by atoms with van der Waals surface area (Å²) in [6.45, 7) is 0.747. The molecule has 1 saturated heterocycles. The fraction of sp³-hybridized carbons (Fsp3) is 0.455. The molecule has 2 N–H and O–H groups in total. The van der Waals surface area contributed by atoms with E-state index >= 15 is 0 Å². The average molecular weight is 250 g/mol. The Morgan fingerprint density at radius 2 is 2.39 bits per heavy atom. The number of nitrogens with one attached hydrogen (secondary N) is 1. The van der Waals surface area contributed by atoms with Gasteiger partial charge >= 0.3 is 12.0 Å². The van der Waals surface area contributed by atoms with Crippen LogP contribution in [0.2, 0.25) is 0 Å². The number of carboxylic acids is 1. The number of aromatic nitrogens is 2. The van der Waals surface area contributed by atoms with Gasteiger partial charge in [0, 0.05) is 12.7 Å². The maximum absolute atomic E-state index is 11.8. The predicted molar refractivity (Wildman–Crippen MR) is 61.6 cm³/mol. The molecule has 18 heavy (non-hydrogen) atoms. The SMILES string of the molecule is O=C(O)[C@H]1CCCN1C(=O)NCc1ccncn1. The number of carbonyl (C=O) groups is 2. The van der Waals surface area contributed by atoms with Gasteiger partial charge in [-0.25, -0.2) is 19.6 Å². The first-order chi connectivity index (χ1) is 8.68. The maximum atomic E-state index is 11.8. The number of urea groups is 1. The number of aliphatic carboxylic acids is 1. The molecule has 2 amide bonds. The molecule has 0 unspecified atom stereocenters. The van der Waals surface area contributed by atoms with Crippen molar-refractivity contribution >= 4 is 12.0 Å². The second-order valence-corrected chi connectivity index (χ2v) is 4.05. The third kappa shape index (κ3) is 2.73. The monoisotopic (exact) mass is 250 g/mol. The highest BCUT2D eigenvalue weighted by Gasteiger charge is 2.33. The van der Waals surface area contributed by atoms with Crippen molar-refractivity contribution in [2.75, 3.05) is 6.54 Å². The first kappa shape index (κ1) is 12.3. The number of nitrogens with zero attached hydrogens (tertiary/aromatic N) is 3. The van der Waals surface area contributed by atoms with E-state index in [1.54, 1.807) is 12.3 Å². The van der Waals surface area contributed by atoms with Crippen LogP contribution in [-0.2, 0) is 11.3 Å². The van der Waals surface area contributed by atoms with Crippen molar-refractivity contribution in [2.45, 2.75) is 25.4 Å². The number of likely N-dealkylation sites (tertiary alicyclic amines) is 1. The lowest BCUT2D eigenvalue weighted by Gasteiger charge is -2.21. The fourth-order valence-electron chi connectivity index (χ4n) is 1.96. The van der Waals surface area contributed by atoms with E-state index < -0.39 is 12.0 Å². The lowest BCUT2D eigenvalue weighted by molar-refractivity contribution is -0.141. The van der Waals surface area contributed by atoms with Crippen LogP contribution in [0.15, 0.2) is 18.6 Å². The van der Waals surface area contributed by atoms with Gasteiger partial charge in [-0.3, -0.25) is 0 Å². The van der Waals surface area contributed by atoms with Gasteiger partial charge in [0.1, 0.15) is 12.4 Å². The number of hydrogen-bond donors (Lipinski definition) is 2. The highest BCUT2D eigenvalue weighted by molar-refractivity contribution is 5.83. The molecular weight excluding hydrogens is 236 g/mol. The van der Waals surface area contributed by atoms with Crippen LogP contribution in [0.25, 0.3) is 0 Å². The molecule has 1 aromatic rings. The van der Waals surface area contributed by atoms with Crippen molar-refractivity contribution < 1.29 is 14.7 Å². The molecule has 2 rings (SSSR count). The van der Waals surface area contributed by atoms with Crippen LogP contribution in [0.4, 0.5) is 4.79 Å². The van der Waals surface area contributed by atoms with E-state index in [0.29, 0.717) is 18.7 Å². The Labute approximate surface area is 104 Å². The summed E-state index contributed by atoms with van der Waals surface area (Å²) in [7, 11) is 0. The third-order valence-corrected chi connectivity index (χ3v) is 2.86. The molecule has 1 aliphatic rings. The molecule has 1 fully saturated rings. The van der Waals surface area contributed by atoms with Gasteiger partial charge in [-0.2, -0.15) is 0 Å². The highest BCUT2D eigenvalue weighted by Crippen LogP contribution is 2.17. The maximum Gasteiger partial charge on any atom is 0.326 e. The fourth-order valence-corrected chi connectivity index (χ4v) is 1.96. The van der Waals surface area contributed by atoms with E-state index in [1.807, 2.05) is 0 Å². The van der Waals surface area contributed by atoms with E-state index in [9.17, 15) is 9.59 Å². The summed E-state index contributed by atoms with van der Waals surface area (Å²) < 4.78 is 0. The molecule has 7 heteroatoms. The van der Waals surface area contributed by atoms with E-state index in [1.165, 1.54) is 11.2 Å². The molecule has 1 aliphatic heterocycles. The molecule has 0 saturated carbocycles. The largest absolute Gasteiger partial charge is 0.480 e. The first-order valence-electron chi connectivity index (χ1n) is 5.70. The number of carbonyl (C=O) groups excluding carboxylic acids is 1. The second kappa shape index (κ2) is 5.44. The summed E-state index contributed by atoms with van der Waals surface area (Å²) >= 11 is 0. The third-order valence-electron chi connectivity index (χ3n) is 2.86. The molecule has 2 heterocycles.